The topological polar surface area (TPSA) is 53.5 Å². The predicted molar refractivity (Wildman–Crippen MR) is 90.9 cm³/mol. The number of rotatable bonds is 3. The van der Waals surface area contributed by atoms with Crippen LogP contribution in [0.2, 0.25) is 0 Å². The lowest BCUT2D eigenvalue weighted by Gasteiger charge is -2.37. The van der Waals surface area contributed by atoms with E-state index < -0.39 is 6.04 Å². The molecule has 0 unspecified atom stereocenters. The Morgan fingerprint density at radius 2 is 1.83 bits per heavy atom. The van der Waals surface area contributed by atoms with Crippen molar-refractivity contribution in [2.24, 2.45) is 0 Å². The van der Waals surface area contributed by atoms with Crippen LogP contribution in [0.25, 0.3) is 0 Å². The molecule has 24 heavy (non-hydrogen) atoms. The molecule has 0 bridgehead atoms. The zero-order valence-electron chi connectivity index (χ0n) is 14.0. The van der Waals surface area contributed by atoms with E-state index in [0.717, 1.165) is 16.7 Å². The number of aromatic nitrogens is 1. The van der Waals surface area contributed by atoms with Crippen LogP contribution < -0.4 is 0 Å². The Hall–Kier alpha value is -2.69. The average molecular weight is 323 g/mol. The van der Waals surface area contributed by atoms with Gasteiger partial charge in [-0.1, -0.05) is 24.3 Å². The van der Waals surface area contributed by atoms with Gasteiger partial charge in [0.05, 0.1) is 0 Å². The first-order chi connectivity index (χ1) is 11.6. The molecule has 0 saturated carbocycles. The van der Waals surface area contributed by atoms with Crippen molar-refractivity contribution in [3.05, 3.63) is 65.5 Å². The van der Waals surface area contributed by atoms with Gasteiger partial charge in [0.1, 0.15) is 6.04 Å². The van der Waals surface area contributed by atoms with Gasteiger partial charge in [0.25, 0.3) is 0 Å². The highest BCUT2D eigenvalue weighted by Crippen LogP contribution is 2.24. The number of nitrogens with zero attached hydrogens (tertiary/aromatic N) is 3. The van der Waals surface area contributed by atoms with Crippen LogP contribution in [0.15, 0.2) is 48.8 Å². The van der Waals surface area contributed by atoms with Gasteiger partial charge in [-0.3, -0.25) is 14.6 Å². The fourth-order valence-electron chi connectivity index (χ4n) is 3.17. The first-order valence-electron chi connectivity index (χ1n) is 8.04. The maximum Gasteiger partial charge on any atom is 0.245 e. The summed E-state index contributed by atoms with van der Waals surface area (Å²) in [5, 5.41) is 0. The first-order valence-corrected chi connectivity index (χ1v) is 8.04. The zero-order valence-corrected chi connectivity index (χ0v) is 14.0. The van der Waals surface area contributed by atoms with E-state index in [2.05, 4.69) is 4.98 Å². The van der Waals surface area contributed by atoms with E-state index in [1.54, 1.807) is 29.2 Å². The fourth-order valence-corrected chi connectivity index (χ4v) is 3.17. The van der Waals surface area contributed by atoms with Crippen LogP contribution in [-0.4, -0.2) is 39.7 Å². The summed E-state index contributed by atoms with van der Waals surface area (Å²) in [6.07, 6.45) is 3.99. The number of fused-ring (bicyclic) bond motifs is 1. The number of carbonyl (C=O) groups is 2. The van der Waals surface area contributed by atoms with Crippen LogP contribution in [0, 0.1) is 0 Å². The van der Waals surface area contributed by atoms with Gasteiger partial charge in [-0.2, -0.15) is 0 Å². The smallest absolute Gasteiger partial charge is 0.245 e. The van der Waals surface area contributed by atoms with Crippen molar-refractivity contribution in [1.82, 2.24) is 14.8 Å². The van der Waals surface area contributed by atoms with Gasteiger partial charge in [0.2, 0.25) is 11.8 Å². The van der Waals surface area contributed by atoms with Gasteiger partial charge in [-0.15, -0.1) is 0 Å². The number of benzene rings is 1. The molecule has 0 fully saturated rings. The fraction of sp³-hybridized carbons (Fsp3) is 0.316. The third kappa shape index (κ3) is 3.30. The van der Waals surface area contributed by atoms with Crippen molar-refractivity contribution in [3.8, 4) is 0 Å². The van der Waals surface area contributed by atoms with Crippen LogP contribution >= 0.6 is 0 Å². The van der Waals surface area contributed by atoms with E-state index in [-0.39, 0.29) is 11.8 Å². The highest BCUT2D eigenvalue weighted by Gasteiger charge is 2.34. The highest BCUT2D eigenvalue weighted by molar-refractivity contribution is 5.87. The average Bonchev–Trinajstić information content (AvgIpc) is 2.60. The Kier molecular flexibility index (Phi) is 4.60. The summed E-state index contributed by atoms with van der Waals surface area (Å²) < 4.78 is 0. The summed E-state index contributed by atoms with van der Waals surface area (Å²) in [4.78, 5) is 32.3. The van der Waals surface area contributed by atoms with Crippen LogP contribution in [0.3, 0.4) is 0 Å². The second-order valence-electron chi connectivity index (χ2n) is 6.19. The Balaban J connectivity index is 1.80. The number of carbonyl (C=O) groups excluding carboxylic acids is 2. The second kappa shape index (κ2) is 6.83. The van der Waals surface area contributed by atoms with E-state index in [1.807, 2.05) is 36.4 Å². The zero-order chi connectivity index (χ0) is 17.1. The van der Waals surface area contributed by atoms with Crippen molar-refractivity contribution in [3.63, 3.8) is 0 Å². The molecule has 5 nitrogen and oxygen atoms in total. The molecule has 1 aliphatic heterocycles. The monoisotopic (exact) mass is 323 g/mol. The molecule has 1 atom stereocenters. The molecule has 5 heteroatoms. The van der Waals surface area contributed by atoms with Gasteiger partial charge in [0, 0.05) is 45.9 Å². The summed E-state index contributed by atoms with van der Waals surface area (Å²) in [5.41, 5.74) is 3.28. The lowest BCUT2D eigenvalue weighted by molar-refractivity contribution is -0.145. The molecule has 1 aromatic carbocycles. The molecule has 1 aromatic heterocycles. The highest BCUT2D eigenvalue weighted by atomic mass is 16.2. The lowest BCUT2D eigenvalue weighted by Crippen LogP contribution is -2.52. The number of amides is 2. The maximum absolute atomic E-state index is 12.9. The quantitative estimate of drug-likeness (QED) is 0.868. The molecule has 2 amide bonds. The van der Waals surface area contributed by atoms with Gasteiger partial charge >= 0.3 is 0 Å². The molecule has 2 aromatic rings. The van der Waals surface area contributed by atoms with Crippen LogP contribution in [0.1, 0.15) is 23.6 Å². The molecule has 0 saturated heterocycles. The third-order valence-electron chi connectivity index (χ3n) is 4.48. The summed E-state index contributed by atoms with van der Waals surface area (Å²) in [5.74, 6) is -0.100. The van der Waals surface area contributed by atoms with Crippen molar-refractivity contribution in [2.75, 3.05) is 7.05 Å². The van der Waals surface area contributed by atoms with E-state index in [1.165, 1.54) is 6.92 Å². The lowest BCUT2D eigenvalue weighted by atomic mass is 9.93. The van der Waals surface area contributed by atoms with Gasteiger partial charge < -0.3 is 9.80 Å². The number of pyridine rings is 1. The maximum atomic E-state index is 12.9. The minimum Gasteiger partial charge on any atom is -0.340 e. The minimum atomic E-state index is -0.441. The summed E-state index contributed by atoms with van der Waals surface area (Å²) in [6, 6.07) is 11.3. The summed E-state index contributed by atoms with van der Waals surface area (Å²) in [6.45, 7) is 2.52. The summed E-state index contributed by atoms with van der Waals surface area (Å²) in [7, 11) is 1.78. The largest absolute Gasteiger partial charge is 0.340 e. The van der Waals surface area contributed by atoms with Crippen molar-refractivity contribution in [1.29, 1.82) is 0 Å². The molecule has 0 radical (unpaired) electrons. The Labute approximate surface area is 141 Å². The predicted octanol–water partition coefficient (Wildman–Crippen LogP) is 2.01. The van der Waals surface area contributed by atoms with Gasteiger partial charge in [-0.25, -0.2) is 0 Å². The second-order valence-corrected chi connectivity index (χ2v) is 6.19. The van der Waals surface area contributed by atoms with Crippen LogP contribution in [-0.2, 0) is 29.1 Å². The van der Waals surface area contributed by atoms with E-state index in [0.29, 0.717) is 19.5 Å². The van der Waals surface area contributed by atoms with Crippen LogP contribution in [0.5, 0.6) is 0 Å². The van der Waals surface area contributed by atoms with E-state index in [9.17, 15) is 9.59 Å². The Bertz CT molecular complexity index is 745. The molecule has 0 aliphatic carbocycles. The number of likely N-dealkylation sites (N-methyl/N-ethyl adjacent to an activating group) is 1. The van der Waals surface area contributed by atoms with Crippen molar-refractivity contribution in [2.45, 2.75) is 32.5 Å². The Morgan fingerprint density at radius 3 is 2.50 bits per heavy atom. The van der Waals surface area contributed by atoms with Crippen molar-refractivity contribution < 1.29 is 9.59 Å². The number of hydrogen-bond acceptors (Lipinski definition) is 3. The molecule has 1 aliphatic rings. The van der Waals surface area contributed by atoms with Gasteiger partial charge in [-0.05, 0) is 28.8 Å². The summed E-state index contributed by atoms with van der Waals surface area (Å²) >= 11 is 0. The third-order valence-corrected chi connectivity index (χ3v) is 4.48. The van der Waals surface area contributed by atoms with Gasteiger partial charge in [0.15, 0.2) is 0 Å². The molecule has 0 N–H and O–H groups in total. The first kappa shape index (κ1) is 16.2. The Morgan fingerprint density at radius 1 is 1.17 bits per heavy atom. The standard InChI is InChI=1S/C19H21N3O2/c1-14(23)22-13-17-6-4-3-5-16(17)11-18(22)19(24)21(2)12-15-7-9-20-10-8-15/h3-10,18H,11-13H2,1-2H3/t18-/m0/s1. The molecular weight excluding hydrogens is 302 g/mol. The molecule has 124 valence electrons. The van der Waals surface area contributed by atoms with Crippen molar-refractivity contribution >= 4 is 11.8 Å². The van der Waals surface area contributed by atoms with Crippen LogP contribution in [0.4, 0.5) is 0 Å². The molecule has 3 rings (SSSR count). The normalized spacial score (nSPS) is 16.4. The van der Waals surface area contributed by atoms with E-state index in [4.69, 9.17) is 0 Å². The molecule has 0 spiro atoms. The van der Waals surface area contributed by atoms with E-state index >= 15 is 0 Å². The SMILES string of the molecule is CC(=O)N1Cc2ccccc2C[C@H]1C(=O)N(C)Cc1ccncc1. The molecular formula is C19H21N3O2. The molecule has 2 heterocycles. The number of hydrogen-bond donors (Lipinski definition) is 0. The minimum absolute atomic E-state index is 0.0310.